The number of nitrogens with two attached hydrogens (primary N) is 1. The Morgan fingerprint density at radius 3 is 2.78 bits per heavy atom. The Morgan fingerprint density at radius 2 is 2.17 bits per heavy atom. The molecule has 1 aromatic carbocycles. The zero-order valence-corrected chi connectivity index (χ0v) is 9.30. The van der Waals surface area contributed by atoms with Crippen molar-refractivity contribution in [1.82, 2.24) is 5.32 Å². The van der Waals surface area contributed by atoms with Crippen molar-refractivity contribution in [3.05, 3.63) is 23.8 Å². The Bertz CT molecular complexity index is 519. The van der Waals surface area contributed by atoms with Gasteiger partial charge in [-0.15, -0.1) is 0 Å². The van der Waals surface area contributed by atoms with Gasteiger partial charge in [0.15, 0.2) is 11.6 Å². The standard InChI is InChI=1S/C11H11F2N3O2/c12-5-1-2-6(14)10(9(5)13)16-11(18)7-3-4-8(17)15-7/h1-2,7H,3-4,14H2,(H,15,17)(H,16,18). The minimum absolute atomic E-state index is 0.0772. The van der Waals surface area contributed by atoms with E-state index in [9.17, 15) is 18.4 Å². The molecular formula is C11H11F2N3O2. The molecule has 1 atom stereocenters. The molecule has 1 aromatic rings. The van der Waals surface area contributed by atoms with Gasteiger partial charge in [-0.2, -0.15) is 0 Å². The normalized spacial score (nSPS) is 18.6. The van der Waals surface area contributed by atoms with Crippen LogP contribution >= 0.6 is 0 Å². The van der Waals surface area contributed by atoms with Gasteiger partial charge in [0.1, 0.15) is 11.7 Å². The van der Waals surface area contributed by atoms with Gasteiger partial charge < -0.3 is 16.4 Å². The van der Waals surface area contributed by atoms with E-state index in [0.29, 0.717) is 6.42 Å². The van der Waals surface area contributed by atoms with Crippen molar-refractivity contribution < 1.29 is 18.4 Å². The van der Waals surface area contributed by atoms with Crippen molar-refractivity contribution in [3.8, 4) is 0 Å². The van der Waals surface area contributed by atoms with E-state index >= 15 is 0 Å². The first kappa shape index (κ1) is 12.3. The number of carbonyl (C=O) groups excluding carboxylic acids is 2. The van der Waals surface area contributed by atoms with Gasteiger partial charge in [-0.1, -0.05) is 0 Å². The van der Waals surface area contributed by atoms with Gasteiger partial charge in [-0.3, -0.25) is 9.59 Å². The van der Waals surface area contributed by atoms with Gasteiger partial charge in [0.05, 0.1) is 5.69 Å². The van der Waals surface area contributed by atoms with E-state index in [4.69, 9.17) is 5.73 Å². The molecule has 96 valence electrons. The van der Waals surface area contributed by atoms with Crippen LogP contribution in [0.1, 0.15) is 12.8 Å². The fourth-order valence-corrected chi connectivity index (χ4v) is 1.71. The van der Waals surface area contributed by atoms with Crippen LogP contribution in [0.5, 0.6) is 0 Å². The molecule has 5 nitrogen and oxygen atoms in total. The average molecular weight is 255 g/mol. The van der Waals surface area contributed by atoms with Crippen LogP contribution in [0.15, 0.2) is 12.1 Å². The fraction of sp³-hybridized carbons (Fsp3) is 0.273. The Balaban J connectivity index is 2.17. The number of amides is 2. The highest BCUT2D eigenvalue weighted by Crippen LogP contribution is 2.25. The number of rotatable bonds is 2. The molecule has 0 aliphatic carbocycles. The monoisotopic (exact) mass is 255 g/mol. The Labute approximate surface area is 101 Å². The summed E-state index contributed by atoms with van der Waals surface area (Å²) in [6.45, 7) is 0. The van der Waals surface area contributed by atoms with Crippen molar-refractivity contribution in [2.75, 3.05) is 11.1 Å². The lowest BCUT2D eigenvalue weighted by molar-refractivity contribution is -0.122. The first-order chi connectivity index (χ1) is 8.49. The van der Waals surface area contributed by atoms with Crippen molar-refractivity contribution in [3.63, 3.8) is 0 Å². The number of hydrogen-bond acceptors (Lipinski definition) is 3. The second-order valence-electron chi connectivity index (χ2n) is 3.97. The Hall–Kier alpha value is -2.18. The van der Waals surface area contributed by atoms with Crippen molar-refractivity contribution in [2.45, 2.75) is 18.9 Å². The molecule has 0 aromatic heterocycles. The third-order valence-corrected chi connectivity index (χ3v) is 2.69. The third kappa shape index (κ3) is 2.24. The first-order valence-corrected chi connectivity index (χ1v) is 5.32. The number of benzene rings is 1. The molecule has 1 saturated heterocycles. The molecule has 18 heavy (non-hydrogen) atoms. The van der Waals surface area contributed by atoms with Crippen LogP contribution in [0.3, 0.4) is 0 Å². The molecule has 1 aliphatic heterocycles. The quantitative estimate of drug-likeness (QED) is 0.682. The van der Waals surface area contributed by atoms with Crippen LogP contribution < -0.4 is 16.4 Å². The summed E-state index contributed by atoms with van der Waals surface area (Å²) in [5.74, 6) is -3.18. The molecule has 0 radical (unpaired) electrons. The lowest BCUT2D eigenvalue weighted by Gasteiger charge is -2.13. The van der Waals surface area contributed by atoms with E-state index in [1.165, 1.54) is 0 Å². The smallest absolute Gasteiger partial charge is 0.247 e. The second-order valence-corrected chi connectivity index (χ2v) is 3.97. The second kappa shape index (κ2) is 4.59. The molecule has 4 N–H and O–H groups in total. The topological polar surface area (TPSA) is 84.2 Å². The summed E-state index contributed by atoms with van der Waals surface area (Å²) >= 11 is 0. The molecule has 2 amide bonds. The lowest BCUT2D eigenvalue weighted by Crippen LogP contribution is -2.37. The summed E-state index contributed by atoms with van der Waals surface area (Å²) in [6, 6.07) is 1.29. The van der Waals surface area contributed by atoms with Crippen LogP contribution in [-0.4, -0.2) is 17.9 Å². The summed E-state index contributed by atoms with van der Waals surface area (Å²) in [5, 5.41) is 4.61. The molecule has 7 heteroatoms. The largest absolute Gasteiger partial charge is 0.397 e. The predicted molar refractivity (Wildman–Crippen MR) is 60.6 cm³/mol. The van der Waals surface area contributed by atoms with Gasteiger partial charge in [-0.05, 0) is 18.6 Å². The van der Waals surface area contributed by atoms with E-state index in [1.807, 2.05) is 0 Å². The van der Waals surface area contributed by atoms with E-state index in [0.717, 1.165) is 12.1 Å². The highest BCUT2D eigenvalue weighted by atomic mass is 19.2. The number of halogens is 2. The molecule has 1 heterocycles. The number of carbonyl (C=O) groups is 2. The molecule has 2 rings (SSSR count). The summed E-state index contributed by atoms with van der Waals surface area (Å²) in [6.07, 6.45) is 0.556. The average Bonchev–Trinajstić information content (AvgIpc) is 2.76. The zero-order valence-electron chi connectivity index (χ0n) is 9.30. The summed E-state index contributed by atoms with van der Waals surface area (Å²) in [7, 11) is 0. The van der Waals surface area contributed by atoms with Crippen molar-refractivity contribution in [1.29, 1.82) is 0 Å². The van der Waals surface area contributed by atoms with Crippen LogP contribution in [0.4, 0.5) is 20.2 Å². The first-order valence-electron chi connectivity index (χ1n) is 5.32. The highest BCUT2D eigenvalue weighted by molar-refractivity contribution is 6.00. The van der Waals surface area contributed by atoms with Crippen LogP contribution in [0.2, 0.25) is 0 Å². The van der Waals surface area contributed by atoms with Crippen LogP contribution in [-0.2, 0) is 9.59 Å². The molecule has 0 saturated carbocycles. The molecule has 1 fully saturated rings. The van der Waals surface area contributed by atoms with E-state index in [2.05, 4.69) is 10.6 Å². The molecule has 1 aliphatic rings. The maximum atomic E-state index is 13.4. The lowest BCUT2D eigenvalue weighted by atomic mass is 10.2. The molecule has 0 bridgehead atoms. The molecular weight excluding hydrogens is 244 g/mol. The van der Waals surface area contributed by atoms with Gasteiger partial charge >= 0.3 is 0 Å². The number of anilines is 2. The summed E-state index contributed by atoms with van der Waals surface area (Å²) in [5.41, 5.74) is 4.98. The number of nitrogen functional groups attached to an aromatic ring is 1. The Kier molecular flexibility index (Phi) is 3.14. The van der Waals surface area contributed by atoms with Gasteiger partial charge in [0.25, 0.3) is 0 Å². The molecule has 0 spiro atoms. The summed E-state index contributed by atoms with van der Waals surface area (Å²) < 4.78 is 26.4. The number of nitrogens with one attached hydrogen (secondary N) is 2. The van der Waals surface area contributed by atoms with E-state index < -0.39 is 29.3 Å². The maximum Gasteiger partial charge on any atom is 0.247 e. The highest BCUT2D eigenvalue weighted by Gasteiger charge is 2.28. The maximum absolute atomic E-state index is 13.4. The van der Waals surface area contributed by atoms with Gasteiger partial charge in [0, 0.05) is 6.42 Å². The zero-order chi connectivity index (χ0) is 13.3. The van der Waals surface area contributed by atoms with Crippen LogP contribution in [0.25, 0.3) is 0 Å². The minimum Gasteiger partial charge on any atom is -0.397 e. The third-order valence-electron chi connectivity index (χ3n) is 2.69. The predicted octanol–water partition coefficient (Wildman–Crippen LogP) is 0.764. The van der Waals surface area contributed by atoms with E-state index in [1.54, 1.807) is 0 Å². The SMILES string of the molecule is Nc1ccc(F)c(F)c1NC(=O)C1CCC(=O)N1. The van der Waals surface area contributed by atoms with Crippen LogP contribution in [0, 0.1) is 11.6 Å². The van der Waals surface area contributed by atoms with Crippen molar-refractivity contribution >= 4 is 23.2 Å². The van der Waals surface area contributed by atoms with Crippen molar-refractivity contribution in [2.24, 2.45) is 0 Å². The van der Waals surface area contributed by atoms with E-state index in [-0.39, 0.29) is 18.0 Å². The number of hydrogen-bond donors (Lipinski definition) is 3. The summed E-state index contributed by atoms with van der Waals surface area (Å²) in [4.78, 5) is 22.7. The van der Waals surface area contributed by atoms with Gasteiger partial charge in [-0.25, -0.2) is 8.78 Å². The van der Waals surface area contributed by atoms with Gasteiger partial charge in [0.2, 0.25) is 11.8 Å². The Morgan fingerprint density at radius 1 is 1.44 bits per heavy atom. The minimum atomic E-state index is -1.22. The fourth-order valence-electron chi connectivity index (χ4n) is 1.71. The molecule has 1 unspecified atom stereocenters.